The van der Waals surface area contributed by atoms with Crippen LogP contribution < -0.4 is 0 Å². The van der Waals surface area contributed by atoms with Crippen molar-refractivity contribution >= 4 is 40.0 Å². The van der Waals surface area contributed by atoms with Crippen LogP contribution in [0.25, 0.3) is 11.1 Å². The Kier molecular flexibility index (Phi) is 3.91. The molecular formula is C13H6Cl3FO. The Morgan fingerprint density at radius 2 is 1.72 bits per heavy atom. The Bertz CT molecular complexity index is 626. The van der Waals surface area contributed by atoms with E-state index >= 15 is 0 Å². The molecule has 0 bridgehead atoms. The molecule has 0 saturated heterocycles. The maximum Gasteiger partial charge on any atom is 0.252 e. The van der Waals surface area contributed by atoms with Gasteiger partial charge in [0.15, 0.2) is 0 Å². The first kappa shape index (κ1) is 13.3. The highest BCUT2D eigenvalue weighted by atomic mass is 35.5. The van der Waals surface area contributed by atoms with Gasteiger partial charge in [0.1, 0.15) is 5.82 Å². The third kappa shape index (κ3) is 2.66. The fraction of sp³-hybridized carbons (Fsp3) is 0. The van der Waals surface area contributed by atoms with Gasteiger partial charge in [0.25, 0.3) is 5.24 Å². The maximum atomic E-state index is 13.8. The van der Waals surface area contributed by atoms with E-state index in [1.165, 1.54) is 24.3 Å². The van der Waals surface area contributed by atoms with Gasteiger partial charge in [-0.05, 0) is 48.0 Å². The fourth-order valence-electron chi connectivity index (χ4n) is 1.56. The summed E-state index contributed by atoms with van der Waals surface area (Å²) in [6.07, 6.45) is 0. The molecule has 0 aliphatic rings. The average Bonchev–Trinajstić information content (AvgIpc) is 2.33. The molecule has 1 nitrogen and oxygen atoms in total. The lowest BCUT2D eigenvalue weighted by Gasteiger charge is -2.07. The zero-order valence-corrected chi connectivity index (χ0v) is 11.2. The van der Waals surface area contributed by atoms with Crippen LogP contribution in [-0.2, 0) is 0 Å². The lowest BCUT2D eigenvalue weighted by atomic mass is 10.0. The van der Waals surface area contributed by atoms with Gasteiger partial charge in [0, 0.05) is 26.7 Å². The second-order valence-electron chi connectivity index (χ2n) is 3.59. The molecule has 0 heterocycles. The van der Waals surface area contributed by atoms with Crippen molar-refractivity contribution < 1.29 is 9.18 Å². The van der Waals surface area contributed by atoms with Gasteiger partial charge in [0.2, 0.25) is 0 Å². The quantitative estimate of drug-likeness (QED) is 0.699. The van der Waals surface area contributed by atoms with Crippen molar-refractivity contribution in [3.05, 3.63) is 57.8 Å². The molecule has 5 heteroatoms. The van der Waals surface area contributed by atoms with Gasteiger partial charge in [0.05, 0.1) is 0 Å². The van der Waals surface area contributed by atoms with Crippen molar-refractivity contribution in [1.29, 1.82) is 0 Å². The molecule has 2 aromatic carbocycles. The molecule has 0 aliphatic carbocycles. The summed E-state index contributed by atoms with van der Waals surface area (Å²) in [6, 6.07) is 8.53. The molecule has 0 atom stereocenters. The van der Waals surface area contributed by atoms with Crippen LogP contribution in [0.1, 0.15) is 10.4 Å². The normalized spacial score (nSPS) is 10.4. The van der Waals surface area contributed by atoms with E-state index in [9.17, 15) is 9.18 Å². The molecule has 0 N–H and O–H groups in total. The molecule has 0 aliphatic heterocycles. The summed E-state index contributed by atoms with van der Waals surface area (Å²) in [6.45, 7) is 0. The molecule has 0 radical (unpaired) electrons. The molecule has 0 fully saturated rings. The Labute approximate surface area is 118 Å². The topological polar surface area (TPSA) is 17.1 Å². The van der Waals surface area contributed by atoms with Crippen LogP contribution in [0.5, 0.6) is 0 Å². The van der Waals surface area contributed by atoms with Crippen LogP contribution in [-0.4, -0.2) is 5.24 Å². The monoisotopic (exact) mass is 302 g/mol. The fourth-order valence-corrected chi connectivity index (χ4v) is 2.07. The van der Waals surface area contributed by atoms with Crippen LogP contribution in [0.15, 0.2) is 36.4 Å². The molecule has 92 valence electrons. The summed E-state index contributed by atoms with van der Waals surface area (Å²) in [5.74, 6) is -0.499. The van der Waals surface area contributed by atoms with Gasteiger partial charge < -0.3 is 0 Å². The highest BCUT2D eigenvalue weighted by Crippen LogP contribution is 2.33. The van der Waals surface area contributed by atoms with Crippen molar-refractivity contribution in [2.24, 2.45) is 0 Å². The first-order chi connectivity index (χ1) is 8.49. The SMILES string of the molecule is O=C(Cl)c1ccc(F)c(-c2cc(Cl)ccc2Cl)c1. The number of carbonyl (C=O) groups is 1. The van der Waals surface area contributed by atoms with E-state index in [2.05, 4.69) is 0 Å². The summed E-state index contributed by atoms with van der Waals surface area (Å²) in [4.78, 5) is 11.1. The van der Waals surface area contributed by atoms with Gasteiger partial charge in [-0.15, -0.1) is 0 Å². The number of hydrogen-bond acceptors (Lipinski definition) is 1. The average molecular weight is 304 g/mol. The predicted molar refractivity (Wildman–Crippen MR) is 72.0 cm³/mol. The van der Waals surface area contributed by atoms with Crippen molar-refractivity contribution in [2.75, 3.05) is 0 Å². The Morgan fingerprint density at radius 1 is 1.00 bits per heavy atom. The van der Waals surface area contributed by atoms with Crippen molar-refractivity contribution in [3.8, 4) is 11.1 Å². The summed E-state index contributed by atoms with van der Waals surface area (Å²) in [5, 5.41) is 0.114. The number of halogens is 4. The molecule has 0 saturated carbocycles. The first-order valence-corrected chi connectivity index (χ1v) is 6.07. The third-order valence-electron chi connectivity index (χ3n) is 2.41. The van der Waals surface area contributed by atoms with E-state index in [0.717, 1.165) is 0 Å². The van der Waals surface area contributed by atoms with Crippen LogP contribution in [0, 0.1) is 5.82 Å². The Morgan fingerprint density at radius 3 is 2.39 bits per heavy atom. The van der Waals surface area contributed by atoms with Crippen LogP contribution >= 0.6 is 34.8 Å². The van der Waals surface area contributed by atoms with E-state index in [1.54, 1.807) is 12.1 Å². The largest absolute Gasteiger partial charge is 0.276 e. The third-order valence-corrected chi connectivity index (χ3v) is 3.19. The smallest absolute Gasteiger partial charge is 0.252 e. The Balaban J connectivity index is 2.66. The second-order valence-corrected chi connectivity index (χ2v) is 4.78. The minimum absolute atomic E-state index is 0.189. The molecular weight excluding hydrogens is 297 g/mol. The zero-order chi connectivity index (χ0) is 13.3. The van der Waals surface area contributed by atoms with Gasteiger partial charge in [-0.25, -0.2) is 4.39 Å². The molecule has 2 aromatic rings. The van der Waals surface area contributed by atoms with Gasteiger partial charge in [-0.3, -0.25) is 4.79 Å². The number of hydrogen-bond donors (Lipinski definition) is 0. The molecule has 2 rings (SSSR count). The van der Waals surface area contributed by atoms with Gasteiger partial charge >= 0.3 is 0 Å². The van der Waals surface area contributed by atoms with Crippen molar-refractivity contribution in [3.63, 3.8) is 0 Å². The molecule has 0 unspecified atom stereocenters. The van der Waals surface area contributed by atoms with E-state index in [1.807, 2.05) is 0 Å². The van der Waals surface area contributed by atoms with E-state index in [0.29, 0.717) is 15.6 Å². The molecule has 0 aromatic heterocycles. The summed E-state index contributed by atoms with van der Waals surface area (Å²) < 4.78 is 13.8. The minimum Gasteiger partial charge on any atom is -0.276 e. The summed E-state index contributed by atoms with van der Waals surface area (Å²) in [7, 11) is 0. The minimum atomic E-state index is -0.658. The zero-order valence-electron chi connectivity index (χ0n) is 8.88. The number of benzene rings is 2. The van der Waals surface area contributed by atoms with Gasteiger partial charge in [-0.2, -0.15) is 0 Å². The lowest BCUT2D eigenvalue weighted by Crippen LogP contribution is -1.93. The van der Waals surface area contributed by atoms with E-state index < -0.39 is 11.1 Å². The van der Waals surface area contributed by atoms with Crippen molar-refractivity contribution in [2.45, 2.75) is 0 Å². The second kappa shape index (κ2) is 5.27. The standard InChI is InChI=1S/C13H6Cl3FO/c14-8-2-3-11(15)9(6-8)10-5-7(13(16)18)1-4-12(10)17/h1-6H. The van der Waals surface area contributed by atoms with E-state index in [4.69, 9.17) is 34.8 Å². The molecule has 0 amide bonds. The lowest BCUT2D eigenvalue weighted by molar-refractivity contribution is 0.108. The molecule has 18 heavy (non-hydrogen) atoms. The first-order valence-electron chi connectivity index (χ1n) is 4.94. The van der Waals surface area contributed by atoms with Crippen LogP contribution in [0.2, 0.25) is 10.0 Å². The highest BCUT2D eigenvalue weighted by molar-refractivity contribution is 6.67. The maximum absolute atomic E-state index is 13.8. The summed E-state index contributed by atoms with van der Waals surface area (Å²) >= 11 is 17.2. The molecule has 0 spiro atoms. The highest BCUT2D eigenvalue weighted by Gasteiger charge is 2.12. The summed E-state index contributed by atoms with van der Waals surface area (Å²) in [5.41, 5.74) is 0.805. The number of carbonyl (C=O) groups excluding carboxylic acids is 1. The van der Waals surface area contributed by atoms with Crippen LogP contribution in [0.3, 0.4) is 0 Å². The van der Waals surface area contributed by atoms with Crippen molar-refractivity contribution in [1.82, 2.24) is 0 Å². The van der Waals surface area contributed by atoms with E-state index in [-0.39, 0.29) is 11.1 Å². The van der Waals surface area contributed by atoms with Crippen LogP contribution in [0.4, 0.5) is 4.39 Å². The number of rotatable bonds is 2. The predicted octanol–water partition coefficient (Wildman–Crippen LogP) is 5.18. The Hall–Kier alpha value is -1.09. The van der Waals surface area contributed by atoms with Gasteiger partial charge in [-0.1, -0.05) is 23.2 Å².